The van der Waals surface area contributed by atoms with E-state index in [0.717, 1.165) is 16.7 Å². The lowest BCUT2D eigenvalue weighted by Crippen LogP contribution is -2.32. The summed E-state index contributed by atoms with van der Waals surface area (Å²) in [7, 11) is 0. The molecule has 0 spiro atoms. The van der Waals surface area contributed by atoms with Gasteiger partial charge in [0.2, 0.25) is 0 Å². The van der Waals surface area contributed by atoms with Gasteiger partial charge in [-0.25, -0.2) is 4.79 Å². The molecule has 0 radical (unpaired) electrons. The second-order valence-electron chi connectivity index (χ2n) is 6.28. The molecule has 0 aliphatic rings. The van der Waals surface area contributed by atoms with Gasteiger partial charge < -0.3 is 4.74 Å². The van der Waals surface area contributed by atoms with Gasteiger partial charge in [0.1, 0.15) is 6.61 Å². The van der Waals surface area contributed by atoms with Gasteiger partial charge in [0.05, 0.1) is 12.7 Å². The van der Waals surface area contributed by atoms with Gasteiger partial charge in [0, 0.05) is 24.3 Å². The van der Waals surface area contributed by atoms with Crippen molar-refractivity contribution in [2.75, 3.05) is 6.54 Å². The third-order valence-electron chi connectivity index (χ3n) is 3.48. The number of hydrogen-bond acceptors (Lipinski definition) is 3. The highest BCUT2D eigenvalue weighted by molar-refractivity contribution is 5.68. The Morgan fingerprint density at radius 1 is 1.29 bits per heavy atom. The van der Waals surface area contributed by atoms with Crippen molar-refractivity contribution in [1.82, 2.24) is 14.7 Å². The van der Waals surface area contributed by atoms with Gasteiger partial charge in [-0.15, -0.1) is 0 Å². The minimum Gasteiger partial charge on any atom is -0.445 e. The van der Waals surface area contributed by atoms with Crippen LogP contribution in [0, 0.1) is 0 Å². The monoisotopic (exact) mass is 327 g/mol. The van der Waals surface area contributed by atoms with Gasteiger partial charge in [-0.2, -0.15) is 5.10 Å². The van der Waals surface area contributed by atoms with Crippen molar-refractivity contribution in [3.8, 4) is 0 Å². The van der Waals surface area contributed by atoms with Crippen LogP contribution in [0.15, 0.2) is 54.9 Å². The highest BCUT2D eigenvalue weighted by atomic mass is 16.6. The summed E-state index contributed by atoms with van der Waals surface area (Å²) in [6.07, 6.45) is 3.40. The second kappa shape index (κ2) is 8.34. The Hall–Kier alpha value is -2.56. The van der Waals surface area contributed by atoms with E-state index in [2.05, 4.69) is 25.5 Å². The van der Waals surface area contributed by atoms with Crippen molar-refractivity contribution in [2.24, 2.45) is 0 Å². The quantitative estimate of drug-likeness (QED) is 0.717. The normalized spacial score (nSPS) is 10.7. The van der Waals surface area contributed by atoms with Crippen LogP contribution in [0.4, 0.5) is 4.79 Å². The summed E-state index contributed by atoms with van der Waals surface area (Å²) >= 11 is 0. The maximum atomic E-state index is 12.4. The van der Waals surface area contributed by atoms with E-state index in [1.54, 1.807) is 11.1 Å². The lowest BCUT2D eigenvalue weighted by molar-refractivity contribution is 0.0969. The topological polar surface area (TPSA) is 47.4 Å². The number of nitrogens with zero attached hydrogens (tertiary/aromatic N) is 3. The molecule has 1 aromatic carbocycles. The molecule has 0 atom stereocenters. The molecule has 0 saturated heterocycles. The van der Waals surface area contributed by atoms with Gasteiger partial charge in [-0.05, 0) is 26.3 Å². The summed E-state index contributed by atoms with van der Waals surface area (Å²) in [5, 5.41) is 4.32. The van der Waals surface area contributed by atoms with Crippen molar-refractivity contribution < 1.29 is 9.53 Å². The molecule has 2 rings (SSSR count). The Balaban J connectivity index is 2.00. The van der Waals surface area contributed by atoms with E-state index in [4.69, 9.17) is 4.74 Å². The van der Waals surface area contributed by atoms with Crippen LogP contribution in [0.2, 0.25) is 0 Å². The number of carbonyl (C=O) groups is 1. The van der Waals surface area contributed by atoms with E-state index in [0.29, 0.717) is 19.1 Å². The maximum Gasteiger partial charge on any atom is 0.410 e. The highest BCUT2D eigenvalue weighted by Gasteiger charge is 2.17. The highest BCUT2D eigenvalue weighted by Crippen LogP contribution is 2.12. The summed E-state index contributed by atoms with van der Waals surface area (Å²) in [5.41, 5.74) is 2.85. The zero-order valence-electron chi connectivity index (χ0n) is 14.6. The van der Waals surface area contributed by atoms with E-state index < -0.39 is 0 Å². The number of amides is 1. The van der Waals surface area contributed by atoms with Crippen LogP contribution in [-0.4, -0.2) is 27.3 Å². The predicted molar refractivity (Wildman–Crippen MR) is 94.5 cm³/mol. The SMILES string of the molecule is C=C(C)CN(Cc1cnn(C(C)C)c1)C(=O)OCc1ccccc1. The number of ether oxygens (including phenoxy) is 1. The predicted octanol–water partition coefficient (Wildman–Crippen LogP) is 4.18. The van der Waals surface area contributed by atoms with Crippen LogP contribution in [0.1, 0.15) is 37.9 Å². The van der Waals surface area contributed by atoms with E-state index in [-0.39, 0.29) is 12.7 Å². The molecular formula is C19H25N3O2. The molecule has 5 nitrogen and oxygen atoms in total. The first-order chi connectivity index (χ1) is 11.5. The lowest BCUT2D eigenvalue weighted by atomic mass is 10.2. The van der Waals surface area contributed by atoms with Crippen LogP contribution < -0.4 is 0 Å². The molecular weight excluding hydrogens is 302 g/mol. The van der Waals surface area contributed by atoms with Gasteiger partial charge >= 0.3 is 6.09 Å². The Labute approximate surface area is 143 Å². The molecule has 1 heterocycles. The maximum absolute atomic E-state index is 12.4. The fourth-order valence-corrected chi connectivity index (χ4v) is 2.28. The van der Waals surface area contributed by atoms with Crippen LogP contribution >= 0.6 is 0 Å². The van der Waals surface area contributed by atoms with Crippen LogP contribution in [0.5, 0.6) is 0 Å². The third kappa shape index (κ3) is 5.26. The Bertz CT molecular complexity index is 677. The largest absolute Gasteiger partial charge is 0.445 e. The Kier molecular flexibility index (Phi) is 6.18. The molecule has 0 unspecified atom stereocenters. The minimum atomic E-state index is -0.348. The average molecular weight is 327 g/mol. The second-order valence-corrected chi connectivity index (χ2v) is 6.28. The molecule has 0 saturated carbocycles. The molecule has 0 aliphatic heterocycles. The minimum absolute atomic E-state index is 0.262. The number of benzene rings is 1. The fourth-order valence-electron chi connectivity index (χ4n) is 2.28. The van der Waals surface area contributed by atoms with Crippen LogP contribution in [0.25, 0.3) is 0 Å². The zero-order chi connectivity index (χ0) is 17.5. The van der Waals surface area contributed by atoms with Gasteiger partial charge in [0.25, 0.3) is 0 Å². The molecule has 128 valence electrons. The van der Waals surface area contributed by atoms with E-state index in [1.165, 1.54) is 0 Å². The van der Waals surface area contributed by atoms with E-state index in [9.17, 15) is 4.79 Å². The average Bonchev–Trinajstić information content (AvgIpc) is 3.01. The Morgan fingerprint density at radius 3 is 2.58 bits per heavy atom. The first-order valence-corrected chi connectivity index (χ1v) is 8.08. The number of aromatic nitrogens is 2. The van der Waals surface area contributed by atoms with Crippen LogP contribution in [-0.2, 0) is 17.9 Å². The van der Waals surface area contributed by atoms with Crippen molar-refractivity contribution >= 4 is 6.09 Å². The lowest BCUT2D eigenvalue weighted by Gasteiger charge is -2.21. The number of carbonyl (C=O) groups excluding carboxylic acids is 1. The third-order valence-corrected chi connectivity index (χ3v) is 3.48. The summed E-state index contributed by atoms with van der Waals surface area (Å²) < 4.78 is 7.31. The summed E-state index contributed by atoms with van der Waals surface area (Å²) in [5.74, 6) is 0. The van der Waals surface area contributed by atoms with Crippen molar-refractivity contribution in [3.05, 3.63) is 66.0 Å². The zero-order valence-corrected chi connectivity index (χ0v) is 14.6. The fraction of sp³-hybridized carbons (Fsp3) is 0.368. The smallest absolute Gasteiger partial charge is 0.410 e. The Morgan fingerprint density at radius 2 is 2.00 bits per heavy atom. The standard InChI is InChI=1S/C19H25N3O2/c1-15(2)11-21(12-18-10-20-22(13-18)16(3)4)19(23)24-14-17-8-6-5-7-9-17/h5-10,13,16H,1,11-12,14H2,2-4H3. The molecule has 0 aliphatic carbocycles. The molecule has 1 amide bonds. The number of hydrogen-bond donors (Lipinski definition) is 0. The molecule has 1 aromatic heterocycles. The molecule has 0 fully saturated rings. The first-order valence-electron chi connectivity index (χ1n) is 8.08. The van der Waals surface area contributed by atoms with Crippen molar-refractivity contribution in [3.63, 3.8) is 0 Å². The summed E-state index contributed by atoms with van der Waals surface area (Å²) in [4.78, 5) is 14.1. The van der Waals surface area contributed by atoms with Crippen LogP contribution in [0.3, 0.4) is 0 Å². The molecule has 0 N–H and O–H groups in total. The van der Waals surface area contributed by atoms with E-state index in [1.807, 2.05) is 48.1 Å². The first kappa shape index (κ1) is 17.8. The van der Waals surface area contributed by atoms with Crippen molar-refractivity contribution in [2.45, 2.75) is 40.0 Å². The summed E-state index contributed by atoms with van der Waals surface area (Å²) in [6.45, 7) is 11.1. The van der Waals surface area contributed by atoms with E-state index >= 15 is 0 Å². The molecule has 2 aromatic rings. The summed E-state index contributed by atoms with van der Waals surface area (Å²) in [6, 6.07) is 9.94. The van der Waals surface area contributed by atoms with Gasteiger partial charge in [-0.1, -0.05) is 42.5 Å². The molecule has 0 bridgehead atoms. The molecule has 5 heteroatoms. The van der Waals surface area contributed by atoms with Gasteiger partial charge in [-0.3, -0.25) is 9.58 Å². The van der Waals surface area contributed by atoms with Gasteiger partial charge in [0.15, 0.2) is 0 Å². The van der Waals surface area contributed by atoms with Crippen molar-refractivity contribution in [1.29, 1.82) is 0 Å². The number of rotatable bonds is 7. The molecule has 24 heavy (non-hydrogen) atoms.